The topological polar surface area (TPSA) is 81.8 Å². The molecule has 6 heteroatoms. The number of pyridine rings is 1. The van der Waals surface area contributed by atoms with Gasteiger partial charge in [0.25, 0.3) is 0 Å². The predicted octanol–water partition coefficient (Wildman–Crippen LogP) is 2.67. The van der Waals surface area contributed by atoms with Crippen molar-refractivity contribution in [3.8, 4) is 11.5 Å². The molecule has 0 saturated carbocycles. The minimum Gasteiger partial charge on any atom is -0.491 e. The van der Waals surface area contributed by atoms with Gasteiger partial charge in [0.05, 0.1) is 18.8 Å². The van der Waals surface area contributed by atoms with E-state index in [-0.39, 0.29) is 6.10 Å². The van der Waals surface area contributed by atoms with Crippen molar-refractivity contribution >= 4 is 11.6 Å². The Morgan fingerprint density at radius 1 is 1.22 bits per heavy atom. The van der Waals surface area contributed by atoms with E-state index in [1.165, 1.54) is 0 Å². The summed E-state index contributed by atoms with van der Waals surface area (Å²) in [6, 6.07) is 11.2. The van der Waals surface area contributed by atoms with Crippen molar-refractivity contribution in [2.45, 2.75) is 20.0 Å². The molecule has 0 aliphatic rings. The number of anilines is 1. The lowest BCUT2D eigenvalue weighted by atomic mass is 10.3. The zero-order valence-corrected chi connectivity index (χ0v) is 13.4. The first-order chi connectivity index (χ1) is 11.1. The van der Waals surface area contributed by atoms with Crippen molar-refractivity contribution in [1.82, 2.24) is 4.98 Å². The van der Waals surface area contributed by atoms with E-state index in [9.17, 15) is 0 Å². The Balaban J connectivity index is 1.75. The molecule has 0 saturated heterocycles. The number of aliphatic imine (C=N–C) groups is 1. The molecule has 0 unspecified atom stereocenters. The van der Waals surface area contributed by atoms with Gasteiger partial charge in [-0.2, -0.15) is 0 Å². The van der Waals surface area contributed by atoms with Crippen LogP contribution < -0.4 is 20.5 Å². The summed E-state index contributed by atoms with van der Waals surface area (Å²) in [5, 5.41) is 3.03. The molecular weight excluding hydrogens is 292 g/mol. The average Bonchev–Trinajstić information content (AvgIpc) is 2.54. The van der Waals surface area contributed by atoms with Gasteiger partial charge in [-0.15, -0.1) is 0 Å². The fourth-order valence-electron chi connectivity index (χ4n) is 1.84. The third-order valence-electron chi connectivity index (χ3n) is 2.78. The molecule has 0 aliphatic heterocycles. The van der Waals surface area contributed by atoms with Crippen LogP contribution in [-0.2, 0) is 0 Å². The fraction of sp³-hybridized carbons (Fsp3) is 0.294. The Morgan fingerprint density at radius 2 is 2.00 bits per heavy atom. The second kappa shape index (κ2) is 8.63. The summed E-state index contributed by atoms with van der Waals surface area (Å²) in [4.78, 5) is 8.18. The molecule has 2 aromatic rings. The molecule has 1 aromatic heterocycles. The van der Waals surface area contributed by atoms with Gasteiger partial charge >= 0.3 is 0 Å². The van der Waals surface area contributed by atoms with Gasteiger partial charge < -0.3 is 20.5 Å². The van der Waals surface area contributed by atoms with Crippen molar-refractivity contribution < 1.29 is 9.47 Å². The Morgan fingerprint density at radius 3 is 2.65 bits per heavy atom. The number of nitrogens with zero attached hydrogens (tertiary/aromatic N) is 2. The molecule has 0 spiro atoms. The highest BCUT2D eigenvalue weighted by atomic mass is 16.5. The van der Waals surface area contributed by atoms with Crippen LogP contribution in [0.4, 0.5) is 5.69 Å². The second-order valence-corrected chi connectivity index (χ2v) is 5.12. The Labute approximate surface area is 136 Å². The highest BCUT2D eigenvalue weighted by Crippen LogP contribution is 2.16. The molecular formula is C17H22N4O2. The number of benzene rings is 1. The number of rotatable bonds is 7. The molecule has 0 amide bonds. The lowest BCUT2D eigenvalue weighted by Gasteiger charge is -2.11. The molecule has 1 aromatic carbocycles. The number of guanidine groups is 1. The highest BCUT2D eigenvalue weighted by Gasteiger charge is 1.99. The Kier molecular flexibility index (Phi) is 6.23. The molecule has 2 rings (SSSR count). The largest absolute Gasteiger partial charge is 0.491 e. The fourth-order valence-corrected chi connectivity index (χ4v) is 1.84. The first-order valence-corrected chi connectivity index (χ1v) is 7.50. The van der Waals surface area contributed by atoms with Crippen LogP contribution in [-0.4, -0.2) is 30.2 Å². The summed E-state index contributed by atoms with van der Waals surface area (Å²) in [5.74, 6) is 1.89. The molecule has 1 heterocycles. The number of nitrogens with one attached hydrogen (secondary N) is 1. The predicted molar refractivity (Wildman–Crippen MR) is 92.1 cm³/mol. The lowest BCUT2D eigenvalue weighted by Crippen LogP contribution is -2.23. The summed E-state index contributed by atoms with van der Waals surface area (Å²) >= 11 is 0. The first kappa shape index (κ1) is 16.6. The van der Waals surface area contributed by atoms with Gasteiger partial charge in [-0.1, -0.05) is 0 Å². The van der Waals surface area contributed by atoms with E-state index < -0.39 is 0 Å². The summed E-state index contributed by atoms with van der Waals surface area (Å²) in [5.41, 5.74) is 6.70. The van der Waals surface area contributed by atoms with E-state index in [2.05, 4.69) is 15.3 Å². The Bertz CT molecular complexity index is 612. The maximum Gasteiger partial charge on any atom is 0.193 e. The van der Waals surface area contributed by atoms with E-state index in [4.69, 9.17) is 15.2 Å². The summed E-state index contributed by atoms with van der Waals surface area (Å²) in [6.45, 7) is 4.88. The quantitative estimate of drug-likeness (QED) is 0.466. The van der Waals surface area contributed by atoms with Gasteiger partial charge in [-0.3, -0.25) is 4.98 Å². The van der Waals surface area contributed by atoms with Gasteiger partial charge in [-0.05, 0) is 50.2 Å². The van der Waals surface area contributed by atoms with E-state index in [0.29, 0.717) is 19.1 Å². The average molecular weight is 314 g/mol. The van der Waals surface area contributed by atoms with E-state index >= 15 is 0 Å². The molecule has 3 N–H and O–H groups in total. The molecule has 0 aliphatic carbocycles. The number of aromatic nitrogens is 1. The van der Waals surface area contributed by atoms with Crippen LogP contribution in [0.2, 0.25) is 0 Å². The van der Waals surface area contributed by atoms with Crippen LogP contribution in [0.1, 0.15) is 13.8 Å². The third kappa shape index (κ3) is 6.25. The molecule has 0 radical (unpaired) electrons. The molecule has 23 heavy (non-hydrogen) atoms. The van der Waals surface area contributed by atoms with Gasteiger partial charge in [0.15, 0.2) is 5.96 Å². The van der Waals surface area contributed by atoms with E-state index in [1.54, 1.807) is 12.4 Å². The van der Waals surface area contributed by atoms with Crippen molar-refractivity contribution in [1.29, 1.82) is 0 Å². The zero-order valence-electron chi connectivity index (χ0n) is 13.4. The van der Waals surface area contributed by atoms with Crippen LogP contribution in [0.3, 0.4) is 0 Å². The minimum atomic E-state index is 0.153. The summed E-state index contributed by atoms with van der Waals surface area (Å²) < 4.78 is 11.1. The van der Waals surface area contributed by atoms with E-state index in [1.807, 2.05) is 50.2 Å². The van der Waals surface area contributed by atoms with Gasteiger partial charge in [0, 0.05) is 11.9 Å². The van der Waals surface area contributed by atoms with Crippen LogP contribution >= 0.6 is 0 Å². The van der Waals surface area contributed by atoms with Gasteiger partial charge in [-0.25, -0.2) is 4.99 Å². The molecule has 0 fully saturated rings. The number of ether oxygens (including phenoxy) is 2. The second-order valence-electron chi connectivity index (χ2n) is 5.12. The van der Waals surface area contributed by atoms with Crippen LogP contribution in [0.15, 0.2) is 53.8 Å². The van der Waals surface area contributed by atoms with Crippen molar-refractivity contribution in [2.75, 3.05) is 18.5 Å². The maximum absolute atomic E-state index is 5.84. The van der Waals surface area contributed by atoms with Gasteiger partial charge in [0.2, 0.25) is 0 Å². The number of nitrogens with two attached hydrogens (primary N) is 1. The minimum absolute atomic E-state index is 0.153. The smallest absolute Gasteiger partial charge is 0.193 e. The molecule has 122 valence electrons. The molecule has 6 nitrogen and oxygen atoms in total. The van der Waals surface area contributed by atoms with Crippen LogP contribution in [0.25, 0.3) is 0 Å². The standard InChI is InChI=1S/C17H22N4O2/c1-13(2)23-15-7-5-14(6-8-15)21-17(18)20-10-11-22-16-4-3-9-19-12-16/h3-9,12-13H,10-11H2,1-2H3,(H3,18,20,21). The number of hydrogen-bond acceptors (Lipinski definition) is 4. The lowest BCUT2D eigenvalue weighted by molar-refractivity contribution is 0.242. The van der Waals surface area contributed by atoms with Crippen LogP contribution in [0.5, 0.6) is 11.5 Å². The maximum atomic E-state index is 5.84. The monoisotopic (exact) mass is 314 g/mol. The summed E-state index contributed by atoms with van der Waals surface area (Å²) in [6.07, 6.45) is 3.51. The third-order valence-corrected chi connectivity index (χ3v) is 2.78. The van der Waals surface area contributed by atoms with Crippen molar-refractivity contribution in [2.24, 2.45) is 10.7 Å². The molecule has 0 atom stereocenters. The van der Waals surface area contributed by atoms with Gasteiger partial charge in [0.1, 0.15) is 18.1 Å². The normalized spacial score (nSPS) is 11.3. The van der Waals surface area contributed by atoms with Crippen molar-refractivity contribution in [3.05, 3.63) is 48.8 Å². The van der Waals surface area contributed by atoms with Crippen molar-refractivity contribution in [3.63, 3.8) is 0 Å². The number of hydrogen-bond donors (Lipinski definition) is 2. The molecule has 0 bridgehead atoms. The first-order valence-electron chi connectivity index (χ1n) is 7.50. The summed E-state index contributed by atoms with van der Waals surface area (Å²) in [7, 11) is 0. The highest BCUT2D eigenvalue weighted by molar-refractivity contribution is 5.92. The van der Waals surface area contributed by atoms with Crippen LogP contribution in [0, 0.1) is 0 Å². The zero-order chi connectivity index (χ0) is 16.5. The van der Waals surface area contributed by atoms with E-state index in [0.717, 1.165) is 17.2 Å². The Hall–Kier alpha value is -2.76. The SMILES string of the molecule is CC(C)Oc1ccc(NC(N)=NCCOc2cccnc2)cc1.